The molecule has 0 saturated carbocycles. The predicted molar refractivity (Wildman–Crippen MR) is 86.9 cm³/mol. The zero-order valence-corrected chi connectivity index (χ0v) is 13.8. The van der Waals surface area contributed by atoms with E-state index in [1.165, 1.54) is 11.3 Å². The van der Waals surface area contributed by atoms with Crippen LogP contribution in [0, 0.1) is 0 Å². The lowest BCUT2D eigenvalue weighted by molar-refractivity contribution is -0.121. The second-order valence-electron chi connectivity index (χ2n) is 4.52. The summed E-state index contributed by atoms with van der Waals surface area (Å²) >= 11 is 1.29. The molecule has 1 aromatic carbocycles. The quantitative estimate of drug-likeness (QED) is 0.586. The number of nitrogens with zero attached hydrogens (tertiary/aromatic N) is 1. The van der Waals surface area contributed by atoms with Gasteiger partial charge in [0.1, 0.15) is 6.61 Å². The van der Waals surface area contributed by atoms with E-state index in [9.17, 15) is 9.59 Å². The van der Waals surface area contributed by atoms with E-state index in [1.54, 1.807) is 32.2 Å². The summed E-state index contributed by atoms with van der Waals surface area (Å²) in [5.41, 5.74) is 1.17. The van der Waals surface area contributed by atoms with Gasteiger partial charge in [-0.2, -0.15) is 0 Å². The minimum atomic E-state index is -0.375. The van der Waals surface area contributed by atoms with Crippen molar-refractivity contribution >= 4 is 38.6 Å². The summed E-state index contributed by atoms with van der Waals surface area (Å²) in [4.78, 5) is 27.7. The van der Waals surface area contributed by atoms with Crippen molar-refractivity contribution in [2.45, 2.75) is 6.92 Å². The lowest BCUT2D eigenvalue weighted by atomic mass is 10.2. The average molecular weight is 338 g/mol. The second-order valence-corrected chi connectivity index (χ2v) is 5.55. The van der Waals surface area contributed by atoms with Crippen molar-refractivity contribution in [3.63, 3.8) is 0 Å². The molecule has 0 aliphatic carbocycles. The van der Waals surface area contributed by atoms with Crippen LogP contribution in [-0.4, -0.2) is 50.4 Å². The normalized spacial score (nSPS) is 10.7. The Morgan fingerprint density at radius 1 is 1.30 bits per heavy atom. The maximum absolute atomic E-state index is 11.7. The number of anilines is 1. The largest absolute Gasteiger partial charge is 0.462 e. The monoisotopic (exact) mass is 338 g/mol. The van der Waals surface area contributed by atoms with Crippen LogP contribution in [0.4, 0.5) is 5.13 Å². The van der Waals surface area contributed by atoms with Crippen molar-refractivity contribution < 1.29 is 23.8 Å². The van der Waals surface area contributed by atoms with Crippen LogP contribution < -0.4 is 5.32 Å². The number of fused-ring (bicyclic) bond motifs is 1. The van der Waals surface area contributed by atoms with E-state index in [4.69, 9.17) is 14.2 Å². The number of thiazole rings is 1. The zero-order chi connectivity index (χ0) is 16.7. The Morgan fingerprint density at radius 2 is 2.13 bits per heavy atom. The van der Waals surface area contributed by atoms with Crippen LogP contribution in [-0.2, 0) is 19.0 Å². The molecule has 0 saturated heterocycles. The van der Waals surface area contributed by atoms with Crippen LogP contribution >= 0.6 is 11.3 Å². The highest BCUT2D eigenvalue weighted by atomic mass is 32.1. The van der Waals surface area contributed by atoms with Gasteiger partial charge in [0.15, 0.2) is 5.13 Å². The third kappa shape index (κ3) is 4.98. The van der Waals surface area contributed by atoms with Gasteiger partial charge in [-0.05, 0) is 25.1 Å². The first kappa shape index (κ1) is 17.3. The van der Waals surface area contributed by atoms with E-state index in [0.29, 0.717) is 36.0 Å². The Balaban J connectivity index is 1.99. The first-order valence-corrected chi connectivity index (χ1v) is 7.90. The summed E-state index contributed by atoms with van der Waals surface area (Å²) in [5, 5.41) is 3.13. The Labute approximate surface area is 137 Å². The highest BCUT2D eigenvalue weighted by Crippen LogP contribution is 2.27. The number of rotatable bonds is 8. The molecular formula is C15H18N2O5S. The Hall–Kier alpha value is -2.03. The van der Waals surface area contributed by atoms with Crippen molar-refractivity contribution in [2.75, 3.05) is 38.9 Å². The van der Waals surface area contributed by atoms with E-state index < -0.39 is 0 Å². The molecular weight excluding hydrogens is 320 g/mol. The average Bonchev–Trinajstić information content (AvgIpc) is 2.93. The van der Waals surface area contributed by atoms with Gasteiger partial charge in [0.2, 0.25) is 0 Å². The first-order chi connectivity index (χ1) is 11.1. The fourth-order valence-electron chi connectivity index (χ4n) is 1.78. The molecule has 0 bridgehead atoms. The highest BCUT2D eigenvalue weighted by Gasteiger charge is 2.11. The molecule has 0 atom stereocenters. The van der Waals surface area contributed by atoms with Crippen LogP contribution in [0.3, 0.4) is 0 Å². The van der Waals surface area contributed by atoms with Crippen LogP contribution in [0.25, 0.3) is 10.2 Å². The third-order valence-corrected chi connectivity index (χ3v) is 3.74. The minimum absolute atomic E-state index is 0.0621. The molecule has 1 aromatic heterocycles. The third-order valence-electron chi connectivity index (χ3n) is 2.81. The Kier molecular flexibility index (Phi) is 6.45. The maximum Gasteiger partial charge on any atom is 0.338 e. The van der Waals surface area contributed by atoms with Crippen molar-refractivity contribution in [1.82, 2.24) is 4.98 Å². The van der Waals surface area contributed by atoms with Gasteiger partial charge < -0.3 is 14.2 Å². The van der Waals surface area contributed by atoms with Gasteiger partial charge in [0.05, 0.1) is 35.6 Å². The number of hydrogen-bond acceptors (Lipinski definition) is 7. The molecule has 124 valence electrons. The molecule has 0 fully saturated rings. The molecule has 0 aliphatic rings. The minimum Gasteiger partial charge on any atom is -0.462 e. The number of ether oxygens (including phenoxy) is 3. The smallest absolute Gasteiger partial charge is 0.338 e. The fraction of sp³-hybridized carbons (Fsp3) is 0.400. The predicted octanol–water partition coefficient (Wildman–Crippen LogP) is 2.07. The summed E-state index contributed by atoms with van der Waals surface area (Å²) in [5.74, 6) is -0.661. The molecule has 2 rings (SSSR count). The fourth-order valence-corrected chi connectivity index (χ4v) is 2.70. The van der Waals surface area contributed by atoms with Crippen LogP contribution in [0.5, 0.6) is 0 Å². The number of benzene rings is 1. The topological polar surface area (TPSA) is 86.8 Å². The van der Waals surface area contributed by atoms with Crippen molar-refractivity contribution in [2.24, 2.45) is 0 Å². The summed E-state index contributed by atoms with van der Waals surface area (Å²) in [6.07, 6.45) is 0. The molecule has 2 aromatic rings. The molecule has 0 radical (unpaired) electrons. The lowest BCUT2D eigenvalue weighted by Crippen LogP contribution is -2.19. The van der Waals surface area contributed by atoms with E-state index in [0.717, 1.165) is 4.70 Å². The number of amides is 1. The molecule has 7 nitrogen and oxygen atoms in total. The van der Waals surface area contributed by atoms with Crippen molar-refractivity contribution in [3.8, 4) is 0 Å². The lowest BCUT2D eigenvalue weighted by Gasteiger charge is -2.02. The van der Waals surface area contributed by atoms with E-state index >= 15 is 0 Å². The summed E-state index contributed by atoms with van der Waals surface area (Å²) in [6.45, 7) is 2.81. The van der Waals surface area contributed by atoms with Crippen LogP contribution in [0.1, 0.15) is 17.3 Å². The summed E-state index contributed by atoms with van der Waals surface area (Å²) < 4.78 is 15.7. The molecule has 23 heavy (non-hydrogen) atoms. The number of carbonyl (C=O) groups excluding carboxylic acids is 2. The summed E-state index contributed by atoms with van der Waals surface area (Å²) in [6, 6.07) is 5.08. The van der Waals surface area contributed by atoms with Gasteiger partial charge >= 0.3 is 5.97 Å². The molecule has 0 aliphatic heterocycles. The second kappa shape index (κ2) is 8.56. The molecule has 1 N–H and O–H groups in total. The molecule has 0 unspecified atom stereocenters. The SMILES string of the molecule is CCOC(=O)c1ccc2nc(NC(=O)COCCOC)sc2c1. The van der Waals surface area contributed by atoms with E-state index in [2.05, 4.69) is 10.3 Å². The molecule has 1 amide bonds. The zero-order valence-electron chi connectivity index (χ0n) is 13.0. The number of carbonyl (C=O) groups is 2. The molecule has 8 heteroatoms. The number of aromatic nitrogens is 1. The number of methoxy groups -OCH3 is 1. The first-order valence-electron chi connectivity index (χ1n) is 7.08. The molecule has 0 spiro atoms. The van der Waals surface area contributed by atoms with Gasteiger partial charge in [0.25, 0.3) is 5.91 Å². The van der Waals surface area contributed by atoms with Gasteiger partial charge in [-0.1, -0.05) is 11.3 Å². The van der Waals surface area contributed by atoms with Crippen LogP contribution in [0.15, 0.2) is 18.2 Å². The van der Waals surface area contributed by atoms with Gasteiger partial charge in [-0.15, -0.1) is 0 Å². The van der Waals surface area contributed by atoms with Gasteiger partial charge in [0, 0.05) is 7.11 Å². The summed E-state index contributed by atoms with van der Waals surface area (Å²) in [7, 11) is 1.56. The number of nitrogens with one attached hydrogen (secondary N) is 1. The van der Waals surface area contributed by atoms with Crippen molar-refractivity contribution in [3.05, 3.63) is 23.8 Å². The van der Waals surface area contributed by atoms with E-state index in [-0.39, 0.29) is 18.5 Å². The van der Waals surface area contributed by atoms with E-state index in [1.807, 2.05) is 0 Å². The Bertz CT molecular complexity index is 686. The standard InChI is InChI=1S/C15H18N2O5S/c1-3-22-14(19)10-4-5-11-12(8-10)23-15(16-11)17-13(18)9-21-7-6-20-2/h4-5,8H,3,6-7,9H2,1-2H3,(H,16,17,18). The van der Waals surface area contributed by atoms with Crippen molar-refractivity contribution in [1.29, 1.82) is 0 Å². The molecule has 1 heterocycles. The maximum atomic E-state index is 11.7. The number of hydrogen-bond donors (Lipinski definition) is 1. The van der Waals surface area contributed by atoms with Crippen LogP contribution in [0.2, 0.25) is 0 Å². The van der Waals surface area contributed by atoms with Gasteiger partial charge in [-0.25, -0.2) is 9.78 Å². The van der Waals surface area contributed by atoms with Gasteiger partial charge in [-0.3, -0.25) is 10.1 Å². The number of esters is 1. The highest BCUT2D eigenvalue weighted by molar-refractivity contribution is 7.22. The Morgan fingerprint density at radius 3 is 2.87 bits per heavy atom.